The number of rotatable bonds is 7. The van der Waals surface area contributed by atoms with Gasteiger partial charge in [-0.15, -0.1) is 0 Å². The van der Waals surface area contributed by atoms with Crippen LogP contribution in [-0.2, 0) is 4.74 Å². The minimum absolute atomic E-state index is 0.00918. The van der Waals surface area contributed by atoms with Crippen LogP contribution in [0.25, 0.3) is 0 Å². The summed E-state index contributed by atoms with van der Waals surface area (Å²) in [6.45, 7) is 2.92. The Morgan fingerprint density at radius 2 is 2.08 bits per heavy atom. The molecule has 1 aromatic rings. The van der Waals surface area contributed by atoms with E-state index in [0.717, 1.165) is 24.1 Å². The van der Waals surface area contributed by atoms with Crippen molar-refractivity contribution in [3.63, 3.8) is 0 Å². The molecule has 3 atom stereocenters. The van der Waals surface area contributed by atoms with E-state index in [1.165, 1.54) is 0 Å². The van der Waals surface area contributed by atoms with Crippen LogP contribution in [0.3, 0.4) is 0 Å². The molecule has 0 aromatic heterocycles. The fraction of sp³-hybridized carbons (Fsp3) is 0.611. The van der Waals surface area contributed by atoms with E-state index in [-0.39, 0.29) is 25.2 Å². The van der Waals surface area contributed by atoms with Gasteiger partial charge in [0.15, 0.2) is 0 Å². The van der Waals surface area contributed by atoms with Gasteiger partial charge in [-0.3, -0.25) is 0 Å². The standard InChI is InChI=1S/C18H27N3O4/c1-12(19-10-16(22)18(24)8-9-25-11-18)13-2-4-14(5-3-13)20-17(23)21-15-6-7-15/h2-5,12,15-16,19,22,24H,6-11H2,1H3,(H2,20,21,23). The van der Waals surface area contributed by atoms with Crippen LogP contribution in [0.2, 0.25) is 0 Å². The van der Waals surface area contributed by atoms with E-state index in [1.807, 2.05) is 31.2 Å². The highest BCUT2D eigenvalue weighted by Gasteiger charge is 2.39. The first-order valence-corrected chi connectivity index (χ1v) is 8.85. The van der Waals surface area contributed by atoms with Gasteiger partial charge in [-0.2, -0.15) is 0 Å². The second kappa shape index (κ2) is 7.70. The molecule has 1 saturated heterocycles. The maximum Gasteiger partial charge on any atom is 0.319 e. The number of nitrogens with one attached hydrogen (secondary N) is 3. The normalized spacial score (nSPS) is 25.4. The third-order valence-electron chi connectivity index (χ3n) is 4.85. The van der Waals surface area contributed by atoms with Gasteiger partial charge in [-0.05, 0) is 37.5 Å². The third kappa shape index (κ3) is 4.92. The highest BCUT2D eigenvalue weighted by molar-refractivity contribution is 5.89. The molecule has 2 aliphatic rings. The lowest BCUT2D eigenvalue weighted by Crippen LogP contribution is -2.48. The quantitative estimate of drug-likeness (QED) is 0.508. The van der Waals surface area contributed by atoms with Crippen LogP contribution in [0, 0.1) is 0 Å². The van der Waals surface area contributed by atoms with E-state index in [2.05, 4.69) is 16.0 Å². The van der Waals surface area contributed by atoms with Gasteiger partial charge >= 0.3 is 6.03 Å². The SMILES string of the molecule is CC(NCC(O)C1(O)CCOC1)c1ccc(NC(=O)NC2CC2)cc1. The molecular formula is C18H27N3O4. The van der Waals surface area contributed by atoms with Crippen molar-refractivity contribution in [3.05, 3.63) is 29.8 Å². The Balaban J connectivity index is 1.46. The van der Waals surface area contributed by atoms with Gasteiger partial charge in [-0.1, -0.05) is 12.1 Å². The van der Waals surface area contributed by atoms with Crippen molar-refractivity contribution in [3.8, 4) is 0 Å². The number of hydrogen-bond acceptors (Lipinski definition) is 5. The van der Waals surface area contributed by atoms with Crippen molar-refractivity contribution in [1.82, 2.24) is 10.6 Å². The number of ether oxygens (including phenoxy) is 1. The number of anilines is 1. The summed E-state index contributed by atoms with van der Waals surface area (Å²) in [5.41, 5.74) is 0.622. The number of carbonyl (C=O) groups is 1. The highest BCUT2D eigenvalue weighted by atomic mass is 16.5. The molecular weight excluding hydrogens is 322 g/mol. The largest absolute Gasteiger partial charge is 0.389 e. The lowest BCUT2D eigenvalue weighted by molar-refractivity contribution is -0.0754. The minimum atomic E-state index is -1.16. The molecule has 0 spiro atoms. The monoisotopic (exact) mass is 349 g/mol. The Kier molecular flexibility index (Phi) is 5.58. The van der Waals surface area contributed by atoms with Crippen molar-refractivity contribution in [2.45, 2.75) is 50.0 Å². The van der Waals surface area contributed by atoms with Gasteiger partial charge in [0.2, 0.25) is 0 Å². The molecule has 25 heavy (non-hydrogen) atoms. The van der Waals surface area contributed by atoms with Crippen LogP contribution in [0.15, 0.2) is 24.3 Å². The smallest absolute Gasteiger partial charge is 0.319 e. The van der Waals surface area contributed by atoms with Gasteiger partial charge in [0.05, 0.1) is 12.7 Å². The molecule has 1 saturated carbocycles. The molecule has 7 nitrogen and oxygen atoms in total. The maximum absolute atomic E-state index is 11.7. The Morgan fingerprint density at radius 1 is 1.36 bits per heavy atom. The molecule has 3 rings (SSSR count). The summed E-state index contributed by atoms with van der Waals surface area (Å²) in [6, 6.07) is 7.75. The molecule has 0 bridgehead atoms. The maximum atomic E-state index is 11.7. The van der Waals surface area contributed by atoms with Crippen molar-refractivity contribution in [2.75, 3.05) is 25.1 Å². The minimum Gasteiger partial charge on any atom is -0.389 e. The predicted octanol–water partition coefficient (Wildman–Crippen LogP) is 1.13. The molecule has 2 amide bonds. The van der Waals surface area contributed by atoms with E-state index >= 15 is 0 Å². The van der Waals surface area contributed by atoms with E-state index < -0.39 is 11.7 Å². The first-order chi connectivity index (χ1) is 12.0. The number of aliphatic hydroxyl groups is 2. The number of urea groups is 1. The van der Waals surface area contributed by atoms with Crippen molar-refractivity contribution >= 4 is 11.7 Å². The van der Waals surface area contributed by atoms with Gasteiger partial charge in [0, 0.05) is 37.3 Å². The van der Waals surface area contributed by atoms with Crippen LogP contribution >= 0.6 is 0 Å². The first-order valence-electron chi connectivity index (χ1n) is 8.85. The molecule has 2 fully saturated rings. The highest BCUT2D eigenvalue weighted by Crippen LogP contribution is 2.23. The fourth-order valence-electron chi connectivity index (χ4n) is 2.86. The number of benzene rings is 1. The number of hydrogen-bond donors (Lipinski definition) is 5. The molecule has 5 N–H and O–H groups in total. The van der Waals surface area contributed by atoms with Crippen molar-refractivity contribution in [2.24, 2.45) is 0 Å². The van der Waals surface area contributed by atoms with Gasteiger partial charge < -0.3 is 30.9 Å². The van der Waals surface area contributed by atoms with E-state index in [4.69, 9.17) is 4.74 Å². The van der Waals surface area contributed by atoms with Crippen LogP contribution in [0.1, 0.15) is 37.8 Å². The summed E-state index contributed by atoms with van der Waals surface area (Å²) >= 11 is 0. The van der Waals surface area contributed by atoms with Crippen LogP contribution in [0.4, 0.5) is 10.5 Å². The zero-order valence-corrected chi connectivity index (χ0v) is 14.5. The Bertz CT molecular complexity index is 582. The van der Waals surface area contributed by atoms with Crippen molar-refractivity contribution < 1.29 is 19.7 Å². The number of amides is 2. The summed E-state index contributed by atoms with van der Waals surface area (Å²) in [7, 11) is 0. The van der Waals surface area contributed by atoms with E-state index in [0.29, 0.717) is 19.1 Å². The Morgan fingerprint density at radius 3 is 2.68 bits per heavy atom. The lowest BCUT2D eigenvalue weighted by Gasteiger charge is -2.28. The van der Waals surface area contributed by atoms with Gasteiger partial charge in [-0.25, -0.2) is 4.79 Å². The predicted molar refractivity (Wildman–Crippen MR) is 94.4 cm³/mol. The van der Waals surface area contributed by atoms with E-state index in [1.54, 1.807) is 0 Å². The number of aliphatic hydroxyl groups excluding tert-OH is 1. The summed E-state index contributed by atoms with van der Waals surface area (Å²) < 4.78 is 5.17. The second-order valence-corrected chi connectivity index (χ2v) is 7.05. The van der Waals surface area contributed by atoms with Gasteiger partial charge in [0.1, 0.15) is 5.60 Å². The average Bonchev–Trinajstić information content (AvgIpc) is 3.29. The van der Waals surface area contributed by atoms with Crippen LogP contribution < -0.4 is 16.0 Å². The summed E-state index contributed by atoms with van der Waals surface area (Å²) in [5, 5.41) is 29.4. The van der Waals surface area contributed by atoms with E-state index in [9.17, 15) is 15.0 Å². The number of carbonyl (C=O) groups excluding carboxylic acids is 1. The van der Waals surface area contributed by atoms with Gasteiger partial charge in [0.25, 0.3) is 0 Å². The van der Waals surface area contributed by atoms with Crippen molar-refractivity contribution in [1.29, 1.82) is 0 Å². The second-order valence-electron chi connectivity index (χ2n) is 7.05. The molecule has 138 valence electrons. The molecule has 0 radical (unpaired) electrons. The van der Waals surface area contributed by atoms with Crippen LogP contribution in [0.5, 0.6) is 0 Å². The molecule has 1 heterocycles. The average molecular weight is 349 g/mol. The summed E-state index contributed by atoms with van der Waals surface area (Å²) in [5.74, 6) is 0. The molecule has 1 aliphatic carbocycles. The molecule has 3 unspecified atom stereocenters. The Labute approximate surface area is 147 Å². The zero-order chi connectivity index (χ0) is 17.9. The molecule has 7 heteroatoms. The lowest BCUT2D eigenvalue weighted by atomic mass is 9.95. The zero-order valence-electron chi connectivity index (χ0n) is 14.5. The fourth-order valence-corrected chi connectivity index (χ4v) is 2.86. The third-order valence-corrected chi connectivity index (χ3v) is 4.85. The first kappa shape index (κ1) is 18.1. The molecule has 1 aliphatic heterocycles. The summed E-state index contributed by atoms with van der Waals surface area (Å²) in [6.07, 6.45) is 1.70. The molecule has 1 aromatic carbocycles. The summed E-state index contributed by atoms with van der Waals surface area (Å²) in [4.78, 5) is 11.7. The Hall–Kier alpha value is -1.67. The van der Waals surface area contributed by atoms with Crippen LogP contribution in [-0.4, -0.2) is 53.7 Å². The topological polar surface area (TPSA) is 103 Å².